The molecule has 1 aliphatic heterocycles. The summed E-state index contributed by atoms with van der Waals surface area (Å²) in [5.41, 5.74) is -1.80. The van der Waals surface area contributed by atoms with E-state index in [-0.39, 0.29) is 11.5 Å². The van der Waals surface area contributed by atoms with E-state index in [9.17, 15) is 23.1 Å². The Morgan fingerprint density at radius 2 is 2.00 bits per heavy atom. The third-order valence-corrected chi connectivity index (χ3v) is 3.92. The van der Waals surface area contributed by atoms with Crippen molar-refractivity contribution in [2.75, 3.05) is 12.8 Å². The van der Waals surface area contributed by atoms with Crippen molar-refractivity contribution in [2.24, 2.45) is 4.99 Å². The Labute approximate surface area is 123 Å². The third kappa shape index (κ3) is 2.85. The van der Waals surface area contributed by atoms with Gasteiger partial charge < -0.3 is 9.84 Å². The van der Waals surface area contributed by atoms with Gasteiger partial charge in [-0.15, -0.1) is 11.8 Å². The highest BCUT2D eigenvalue weighted by molar-refractivity contribution is 8.13. The number of aliphatic imine (C=N–C) groups is 1. The first kappa shape index (κ1) is 15.7. The van der Waals surface area contributed by atoms with Crippen LogP contribution in [0.5, 0.6) is 5.75 Å². The summed E-state index contributed by atoms with van der Waals surface area (Å²) in [6.07, 6.45) is 2.21. The Morgan fingerprint density at radius 3 is 2.52 bits per heavy atom. The summed E-state index contributed by atoms with van der Waals surface area (Å²) in [5.74, 6) is -6.21. The number of aliphatic carboxylic acids is 1. The molecule has 21 heavy (non-hydrogen) atoms. The van der Waals surface area contributed by atoms with Gasteiger partial charge in [-0.3, -0.25) is 4.99 Å². The predicted octanol–water partition coefficient (Wildman–Crippen LogP) is 2.86. The zero-order valence-corrected chi connectivity index (χ0v) is 11.8. The molecule has 0 amide bonds. The van der Waals surface area contributed by atoms with Gasteiger partial charge in [-0.05, 0) is 12.7 Å². The SMILES string of the molecule is CSC1=NCCC[C@]1(Oc1cc(F)c(F)c(F)c1)C(=O)O. The monoisotopic (exact) mass is 319 g/mol. The molecule has 1 atom stereocenters. The average molecular weight is 319 g/mol. The number of hydrogen-bond donors (Lipinski definition) is 1. The van der Waals surface area contributed by atoms with Gasteiger partial charge in [-0.25, -0.2) is 18.0 Å². The summed E-state index contributed by atoms with van der Waals surface area (Å²) >= 11 is 1.09. The zero-order chi connectivity index (χ0) is 15.6. The van der Waals surface area contributed by atoms with Gasteiger partial charge in [-0.2, -0.15) is 0 Å². The van der Waals surface area contributed by atoms with Crippen LogP contribution in [0.3, 0.4) is 0 Å². The second-order valence-electron chi connectivity index (χ2n) is 4.43. The first-order valence-electron chi connectivity index (χ1n) is 6.06. The number of nitrogens with zero attached hydrogens (tertiary/aromatic N) is 1. The van der Waals surface area contributed by atoms with Crippen LogP contribution in [0.4, 0.5) is 13.2 Å². The van der Waals surface area contributed by atoms with Crippen LogP contribution in [0.2, 0.25) is 0 Å². The standard InChI is InChI=1S/C13H12F3NO3S/c1-21-11-13(12(18)19,3-2-4-17-11)20-7-5-8(14)10(16)9(15)6-7/h5-6H,2-4H2,1H3,(H,18,19)/t13-/m1/s1. The van der Waals surface area contributed by atoms with Crippen LogP contribution in [-0.4, -0.2) is 34.5 Å². The number of carboxylic acid groups (broad SMARTS) is 1. The summed E-state index contributed by atoms with van der Waals surface area (Å²) in [4.78, 5) is 15.7. The molecule has 0 aliphatic carbocycles. The molecule has 0 unspecified atom stereocenters. The predicted molar refractivity (Wildman–Crippen MR) is 72.4 cm³/mol. The maximum Gasteiger partial charge on any atom is 0.355 e. The molecule has 2 rings (SSSR count). The molecular weight excluding hydrogens is 307 g/mol. The summed E-state index contributed by atoms with van der Waals surface area (Å²) in [6, 6.07) is 1.24. The van der Waals surface area contributed by atoms with Crippen molar-refractivity contribution in [2.45, 2.75) is 18.4 Å². The van der Waals surface area contributed by atoms with Crippen molar-refractivity contribution in [3.05, 3.63) is 29.6 Å². The van der Waals surface area contributed by atoms with Gasteiger partial charge in [0.05, 0.1) is 0 Å². The van der Waals surface area contributed by atoms with Crippen LogP contribution in [-0.2, 0) is 4.79 Å². The minimum Gasteiger partial charge on any atom is -0.478 e. The molecular formula is C13H12F3NO3S. The number of thioether (sulfide) groups is 1. The van der Waals surface area contributed by atoms with Crippen molar-refractivity contribution >= 4 is 22.8 Å². The highest BCUT2D eigenvalue weighted by Crippen LogP contribution is 2.32. The van der Waals surface area contributed by atoms with Crippen molar-refractivity contribution in [3.63, 3.8) is 0 Å². The molecule has 4 nitrogen and oxygen atoms in total. The second-order valence-corrected chi connectivity index (χ2v) is 5.22. The maximum atomic E-state index is 13.2. The van der Waals surface area contributed by atoms with E-state index in [1.165, 1.54) is 0 Å². The lowest BCUT2D eigenvalue weighted by atomic mass is 9.96. The summed E-state index contributed by atoms with van der Waals surface area (Å²) in [7, 11) is 0. The zero-order valence-electron chi connectivity index (χ0n) is 11.0. The lowest BCUT2D eigenvalue weighted by Crippen LogP contribution is -2.52. The number of carboxylic acids is 1. The number of carbonyl (C=O) groups is 1. The normalized spacial score (nSPS) is 21.8. The van der Waals surface area contributed by atoms with E-state index in [1.807, 2.05) is 0 Å². The summed E-state index contributed by atoms with van der Waals surface area (Å²) in [6.45, 7) is 0.459. The Hall–Kier alpha value is -1.70. The molecule has 1 heterocycles. The molecule has 0 saturated carbocycles. The molecule has 8 heteroatoms. The highest BCUT2D eigenvalue weighted by atomic mass is 32.2. The lowest BCUT2D eigenvalue weighted by molar-refractivity contribution is -0.149. The van der Waals surface area contributed by atoms with Gasteiger partial charge in [0.25, 0.3) is 5.60 Å². The summed E-state index contributed by atoms with van der Waals surface area (Å²) in [5, 5.41) is 9.68. The van der Waals surface area contributed by atoms with Gasteiger partial charge in [-0.1, -0.05) is 0 Å². The molecule has 114 valence electrons. The highest BCUT2D eigenvalue weighted by Gasteiger charge is 2.47. The van der Waals surface area contributed by atoms with Crippen molar-refractivity contribution in [1.29, 1.82) is 0 Å². The van der Waals surface area contributed by atoms with Gasteiger partial charge in [0, 0.05) is 25.1 Å². The fraction of sp³-hybridized carbons (Fsp3) is 0.385. The molecule has 0 fully saturated rings. The molecule has 0 aromatic heterocycles. The second kappa shape index (κ2) is 5.97. The molecule has 0 radical (unpaired) electrons. The van der Waals surface area contributed by atoms with Crippen LogP contribution >= 0.6 is 11.8 Å². The first-order chi connectivity index (χ1) is 9.90. The van der Waals surface area contributed by atoms with E-state index in [0.29, 0.717) is 25.1 Å². The lowest BCUT2D eigenvalue weighted by Gasteiger charge is -2.33. The van der Waals surface area contributed by atoms with Crippen molar-refractivity contribution < 1.29 is 27.8 Å². The molecule has 1 aliphatic rings. The Morgan fingerprint density at radius 1 is 1.38 bits per heavy atom. The molecule has 0 bridgehead atoms. The van der Waals surface area contributed by atoms with E-state index < -0.39 is 34.8 Å². The van der Waals surface area contributed by atoms with E-state index in [2.05, 4.69) is 4.99 Å². The first-order valence-corrected chi connectivity index (χ1v) is 7.29. The number of rotatable bonds is 3. The van der Waals surface area contributed by atoms with E-state index in [1.54, 1.807) is 6.26 Å². The van der Waals surface area contributed by atoms with Crippen LogP contribution in [0.1, 0.15) is 12.8 Å². The number of benzene rings is 1. The fourth-order valence-corrected chi connectivity index (χ4v) is 2.88. The van der Waals surface area contributed by atoms with E-state index in [0.717, 1.165) is 11.8 Å². The fourth-order valence-electron chi connectivity index (χ4n) is 2.10. The van der Waals surface area contributed by atoms with Gasteiger partial charge in [0.15, 0.2) is 17.5 Å². The summed E-state index contributed by atoms with van der Waals surface area (Å²) < 4.78 is 44.7. The van der Waals surface area contributed by atoms with Crippen LogP contribution in [0, 0.1) is 17.5 Å². The maximum absolute atomic E-state index is 13.2. The number of ether oxygens (including phenoxy) is 1. The van der Waals surface area contributed by atoms with Crippen molar-refractivity contribution in [1.82, 2.24) is 0 Å². The van der Waals surface area contributed by atoms with Crippen LogP contribution in [0.25, 0.3) is 0 Å². The molecule has 0 spiro atoms. The number of halogens is 3. The largest absolute Gasteiger partial charge is 0.478 e. The van der Waals surface area contributed by atoms with Crippen LogP contribution in [0.15, 0.2) is 17.1 Å². The van der Waals surface area contributed by atoms with Crippen molar-refractivity contribution in [3.8, 4) is 5.75 Å². The topological polar surface area (TPSA) is 58.9 Å². The van der Waals surface area contributed by atoms with Gasteiger partial charge in [0.1, 0.15) is 10.8 Å². The molecule has 1 aromatic rings. The quantitative estimate of drug-likeness (QED) is 0.870. The van der Waals surface area contributed by atoms with Gasteiger partial charge >= 0.3 is 5.97 Å². The molecule has 1 N–H and O–H groups in total. The average Bonchev–Trinajstić information content (AvgIpc) is 2.45. The Balaban J connectivity index is 2.44. The Kier molecular flexibility index (Phi) is 4.46. The smallest absolute Gasteiger partial charge is 0.355 e. The van der Waals surface area contributed by atoms with E-state index >= 15 is 0 Å². The number of hydrogen-bond acceptors (Lipinski definition) is 4. The van der Waals surface area contributed by atoms with E-state index in [4.69, 9.17) is 4.74 Å². The molecule has 1 aromatic carbocycles. The third-order valence-electron chi connectivity index (χ3n) is 3.08. The minimum absolute atomic E-state index is 0.114. The van der Waals surface area contributed by atoms with Gasteiger partial charge in [0.2, 0.25) is 0 Å². The minimum atomic E-state index is -1.80. The Bertz CT molecular complexity index is 585. The van der Waals surface area contributed by atoms with Crippen LogP contribution < -0.4 is 4.74 Å². The molecule has 0 saturated heterocycles.